The summed E-state index contributed by atoms with van der Waals surface area (Å²) in [6.45, 7) is 0. The van der Waals surface area contributed by atoms with Crippen molar-refractivity contribution in [3.05, 3.63) is 0 Å². The van der Waals surface area contributed by atoms with Gasteiger partial charge < -0.3 is 10.8 Å². The van der Waals surface area contributed by atoms with Crippen molar-refractivity contribution in [2.75, 3.05) is 0 Å². The van der Waals surface area contributed by atoms with Gasteiger partial charge in [0.1, 0.15) is 0 Å². The van der Waals surface area contributed by atoms with Crippen LogP contribution in [-0.4, -0.2) is 33.3 Å². The van der Waals surface area contributed by atoms with Crippen LogP contribution in [0.3, 0.4) is 0 Å². The minimum atomic E-state index is -0.500. The Balaban J connectivity index is 0. The summed E-state index contributed by atoms with van der Waals surface area (Å²) in [7, 11) is 0. The molecular formula is CH5MgNOS. The largest absolute Gasteiger partial charge is 0.487 e. The Morgan fingerprint density at radius 2 is 1.80 bits per heavy atom. The van der Waals surface area contributed by atoms with Crippen molar-refractivity contribution >= 4 is 40.4 Å². The van der Waals surface area contributed by atoms with E-state index in [0.29, 0.717) is 0 Å². The molecule has 0 aliphatic carbocycles. The maximum atomic E-state index is 7.56. The number of rotatable bonds is 0. The van der Waals surface area contributed by atoms with Crippen LogP contribution in [0.2, 0.25) is 0 Å². The molecule has 0 fully saturated rings. The number of hydrogen-bond acceptors (Lipinski definition) is 1. The van der Waals surface area contributed by atoms with Gasteiger partial charge in [0, 0.05) is 0 Å². The lowest BCUT2D eigenvalue weighted by Crippen LogP contribution is -2.03. The van der Waals surface area contributed by atoms with Gasteiger partial charge in [-0.25, -0.2) is 0 Å². The standard InChI is InChI=1S/CH3NOS.Mg.2H/c2-1(3)4;;;/h(H3,2,3,4);;;. The molecule has 0 bridgehead atoms. The number of aliphatic hydroxyl groups excluding tert-OH is 1. The Morgan fingerprint density at radius 3 is 1.80 bits per heavy atom. The van der Waals surface area contributed by atoms with Gasteiger partial charge in [0.25, 0.3) is 5.17 Å². The second-order valence-corrected chi connectivity index (χ2v) is 0.757. The SMILES string of the molecule is NC(O)=S.[MgH2]. The van der Waals surface area contributed by atoms with E-state index in [9.17, 15) is 0 Å². The molecule has 0 aromatic rings. The van der Waals surface area contributed by atoms with Crippen LogP contribution in [0.5, 0.6) is 0 Å². The Hall–Kier alpha value is 0.456. The first-order valence-corrected chi connectivity index (χ1v) is 1.12. The summed E-state index contributed by atoms with van der Waals surface area (Å²) in [4.78, 5) is 0. The molecule has 5 heavy (non-hydrogen) atoms. The molecule has 4 heteroatoms. The molecule has 0 aliphatic heterocycles. The van der Waals surface area contributed by atoms with Gasteiger partial charge in [-0.05, 0) is 12.2 Å². The summed E-state index contributed by atoms with van der Waals surface area (Å²) >= 11 is 3.87. The second-order valence-electron chi connectivity index (χ2n) is 0.338. The quantitative estimate of drug-likeness (QED) is 0.301. The monoisotopic (exact) mass is 103 g/mol. The van der Waals surface area contributed by atoms with E-state index in [1.807, 2.05) is 0 Å². The Labute approximate surface area is 51.5 Å². The highest BCUT2D eigenvalue weighted by Crippen LogP contribution is 1.40. The summed E-state index contributed by atoms with van der Waals surface area (Å²) in [5, 5.41) is 7.06. The van der Waals surface area contributed by atoms with Crippen LogP contribution in [0.15, 0.2) is 0 Å². The van der Waals surface area contributed by atoms with E-state index in [0.717, 1.165) is 0 Å². The lowest BCUT2D eigenvalue weighted by molar-refractivity contribution is 0.560. The van der Waals surface area contributed by atoms with E-state index in [2.05, 4.69) is 18.0 Å². The first kappa shape index (κ1) is 9.07. The van der Waals surface area contributed by atoms with E-state index >= 15 is 0 Å². The van der Waals surface area contributed by atoms with Crippen molar-refractivity contribution in [1.82, 2.24) is 0 Å². The van der Waals surface area contributed by atoms with Crippen molar-refractivity contribution in [1.29, 1.82) is 0 Å². The highest BCUT2D eigenvalue weighted by atomic mass is 32.1. The summed E-state index contributed by atoms with van der Waals surface area (Å²) in [5.41, 5.74) is 4.40. The molecule has 28 valence electrons. The van der Waals surface area contributed by atoms with Gasteiger partial charge in [-0.15, -0.1) is 0 Å². The number of nitrogens with two attached hydrogens (primary N) is 1. The van der Waals surface area contributed by atoms with Gasteiger partial charge in [-0.3, -0.25) is 0 Å². The van der Waals surface area contributed by atoms with Crippen molar-refractivity contribution < 1.29 is 5.11 Å². The van der Waals surface area contributed by atoms with Crippen molar-refractivity contribution in [2.24, 2.45) is 5.73 Å². The Morgan fingerprint density at radius 1 is 1.80 bits per heavy atom. The molecule has 3 N–H and O–H groups in total. The average molecular weight is 103 g/mol. The topological polar surface area (TPSA) is 46.2 Å². The van der Waals surface area contributed by atoms with E-state index in [1.165, 1.54) is 0 Å². The third kappa shape index (κ3) is 129. The van der Waals surface area contributed by atoms with Crippen molar-refractivity contribution in [3.8, 4) is 0 Å². The van der Waals surface area contributed by atoms with Gasteiger partial charge in [0.05, 0.1) is 0 Å². The van der Waals surface area contributed by atoms with Crippen LogP contribution in [0.1, 0.15) is 0 Å². The smallest absolute Gasteiger partial charge is 0.316 e. The molecule has 0 aromatic carbocycles. The second kappa shape index (κ2) is 4.46. The predicted octanol–water partition coefficient (Wildman–Crippen LogP) is -1.13. The fraction of sp³-hybridized carbons (Fsp3) is 0. The third-order valence-electron chi connectivity index (χ3n) is 0. The van der Waals surface area contributed by atoms with Gasteiger partial charge in [0.2, 0.25) is 0 Å². The van der Waals surface area contributed by atoms with Gasteiger partial charge in [-0.2, -0.15) is 0 Å². The van der Waals surface area contributed by atoms with Crippen LogP contribution >= 0.6 is 12.2 Å². The number of hydrogen-bond donors (Lipinski definition) is 2. The first-order valence-electron chi connectivity index (χ1n) is 0.716. The maximum absolute atomic E-state index is 7.56. The first-order chi connectivity index (χ1) is 1.73. The fourth-order valence-electron chi connectivity index (χ4n) is 0. The molecule has 2 nitrogen and oxygen atoms in total. The van der Waals surface area contributed by atoms with Crippen LogP contribution < -0.4 is 5.73 Å². The Bertz CT molecular complexity index is 34.6. The van der Waals surface area contributed by atoms with Gasteiger partial charge in [0.15, 0.2) is 0 Å². The zero-order valence-electron chi connectivity index (χ0n) is 1.93. The van der Waals surface area contributed by atoms with E-state index < -0.39 is 5.17 Å². The predicted molar refractivity (Wildman–Crippen MR) is 28.0 cm³/mol. The number of aliphatic hydroxyl groups is 1. The van der Waals surface area contributed by atoms with E-state index in [4.69, 9.17) is 5.11 Å². The molecule has 0 spiro atoms. The molecule has 0 saturated carbocycles. The minimum Gasteiger partial charge on any atom is -0.487 e. The van der Waals surface area contributed by atoms with E-state index in [1.54, 1.807) is 0 Å². The molecule has 0 unspecified atom stereocenters. The molecule has 0 saturated heterocycles. The molecule has 0 heterocycles. The molecule has 0 atom stereocenters. The van der Waals surface area contributed by atoms with Gasteiger partial charge >= 0.3 is 23.1 Å². The van der Waals surface area contributed by atoms with Gasteiger partial charge in [-0.1, -0.05) is 0 Å². The lowest BCUT2D eigenvalue weighted by atomic mass is 11.4. The molecule has 0 aliphatic rings. The van der Waals surface area contributed by atoms with Crippen LogP contribution in [0, 0.1) is 0 Å². The molecule has 0 amide bonds. The molecular weight excluding hydrogens is 98.4 g/mol. The Kier molecular flexibility index (Phi) is 8.08. The summed E-state index contributed by atoms with van der Waals surface area (Å²) < 4.78 is 0. The molecule has 0 radical (unpaired) electrons. The molecule has 0 rings (SSSR count). The highest BCUT2D eigenvalue weighted by molar-refractivity contribution is 7.79. The van der Waals surface area contributed by atoms with Crippen LogP contribution in [0.25, 0.3) is 0 Å². The number of thiocarbonyl (C=S) groups is 1. The lowest BCUT2D eigenvalue weighted by Gasteiger charge is -1.67. The fourth-order valence-corrected chi connectivity index (χ4v) is 0. The summed E-state index contributed by atoms with van der Waals surface area (Å²) in [6, 6.07) is 0. The summed E-state index contributed by atoms with van der Waals surface area (Å²) in [5.74, 6) is 0. The van der Waals surface area contributed by atoms with E-state index in [-0.39, 0.29) is 23.1 Å². The summed E-state index contributed by atoms with van der Waals surface area (Å²) in [6.07, 6.45) is 0. The average Bonchev–Trinajstić information content (AvgIpc) is 0.811. The maximum Gasteiger partial charge on any atom is 0.316 e. The third-order valence-corrected chi connectivity index (χ3v) is 0. The van der Waals surface area contributed by atoms with Crippen molar-refractivity contribution in [2.45, 2.75) is 0 Å². The molecule has 0 aromatic heterocycles. The highest BCUT2D eigenvalue weighted by Gasteiger charge is 1.57. The van der Waals surface area contributed by atoms with Crippen LogP contribution in [-0.2, 0) is 0 Å². The zero-order valence-corrected chi connectivity index (χ0v) is 2.75. The van der Waals surface area contributed by atoms with Crippen LogP contribution in [0.4, 0.5) is 0 Å². The van der Waals surface area contributed by atoms with Crippen molar-refractivity contribution in [3.63, 3.8) is 0 Å². The minimum absolute atomic E-state index is 0. The normalized spacial score (nSPS) is 4.80. The zero-order chi connectivity index (χ0) is 3.58.